The Morgan fingerprint density at radius 1 is 1.18 bits per heavy atom. The van der Waals surface area contributed by atoms with Crippen molar-refractivity contribution in [1.29, 1.82) is 0 Å². The number of nitrogens with one attached hydrogen (secondary N) is 1. The number of hydrogen-bond donors (Lipinski definition) is 1. The second-order valence-electron chi connectivity index (χ2n) is 6.39. The summed E-state index contributed by atoms with van der Waals surface area (Å²) in [5.41, 5.74) is 0.817. The summed E-state index contributed by atoms with van der Waals surface area (Å²) in [6, 6.07) is 6.77. The largest absolute Gasteiger partial charge is 0.493 e. The topological polar surface area (TPSA) is 77.1 Å². The minimum Gasteiger partial charge on any atom is -0.493 e. The highest BCUT2D eigenvalue weighted by Crippen LogP contribution is 2.38. The molecule has 1 aliphatic heterocycles. The van der Waals surface area contributed by atoms with Crippen molar-refractivity contribution in [2.75, 3.05) is 27.9 Å². The first-order valence-corrected chi connectivity index (χ1v) is 9.88. The fourth-order valence-corrected chi connectivity index (χ4v) is 4.05. The summed E-state index contributed by atoms with van der Waals surface area (Å²) < 4.78 is 16.0. The molecule has 1 N–H and O–H groups in total. The third-order valence-corrected chi connectivity index (χ3v) is 5.60. The van der Waals surface area contributed by atoms with Gasteiger partial charge in [0.25, 0.3) is 5.91 Å². The Morgan fingerprint density at radius 3 is 2.46 bits per heavy atom. The molecule has 3 rings (SSSR count). The minimum atomic E-state index is -0.448. The van der Waals surface area contributed by atoms with Crippen molar-refractivity contribution in [3.05, 3.63) is 40.1 Å². The van der Waals surface area contributed by atoms with E-state index in [0.717, 1.165) is 12.0 Å². The molecule has 1 saturated heterocycles. The average Bonchev–Trinajstić information content (AvgIpc) is 3.42. The van der Waals surface area contributed by atoms with Crippen molar-refractivity contribution in [3.63, 3.8) is 0 Å². The van der Waals surface area contributed by atoms with Gasteiger partial charge >= 0.3 is 0 Å². The van der Waals surface area contributed by atoms with Crippen LogP contribution in [0.4, 0.5) is 0 Å². The number of carbonyl (C=O) groups is 2. The van der Waals surface area contributed by atoms with Crippen molar-refractivity contribution in [1.82, 2.24) is 10.2 Å². The van der Waals surface area contributed by atoms with E-state index in [1.54, 1.807) is 44.4 Å². The highest BCUT2D eigenvalue weighted by atomic mass is 32.1. The molecule has 1 fully saturated rings. The van der Waals surface area contributed by atoms with Gasteiger partial charge in [-0.2, -0.15) is 0 Å². The number of benzene rings is 1. The van der Waals surface area contributed by atoms with Crippen molar-refractivity contribution in [3.8, 4) is 17.2 Å². The number of thiophene rings is 1. The fourth-order valence-electron chi connectivity index (χ4n) is 3.37. The molecule has 0 radical (unpaired) electrons. The summed E-state index contributed by atoms with van der Waals surface area (Å²) in [4.78, 5) is 27.7. The van der Waals surface area contributed by atoms with E-state index in [1.165, 1.54) is 11.3 Å². The number of hydrogen-bond acceptors (Lipinski definition) is 6. The molecule has 28 heavy (non-hydrogen) atoms. The molecule has 1 aliphatic rings. The van der Waals surface area contributed by atoms with Crippen LogP contribution in [0.25, 0.3) is 0 Å². The van der Waals surface area contributed by atoms with Crippen LogP contribution < -0.4 is 19.5 Å². The van der Waals surface area contributed by atoms with E-state index in [-0.39, 0.29) is 11.8 Å². The Hall–Kier alpha value is -2.74. The van der Waals surface area contributed by atoms with Crippen LogP contribution in [0, 0.1) is 0 Å². The highest BCUT2D eigenvalue weighted by molar-refractivity contribution is 7.12. The Balaban J connectivity index is 1.69. The Bertz CT molecular complexity index is 812. The normalized spacial score (nSPS) is 16.0. The van der Waals surface area contributed by atoms with Gasteiger partial charge in [-0.25, -0.2) is 0 Å². The second kappa shape index (κ2) is 8.97. The Labute approximate surface area is 168 Å². The molecule has 150 valence electrons. The van der Waals surface area contributed by atoms with E-state index >= 15 is 0 Å². The van der Waals surface area contributed by atoms with Crippen molar-refractivity contribution >= 4 is 23.2 Å². The van der Waals surface area contributed by atoms with E-state index in [4.69, 9.17) is 14.2 Å². The van der Waals surface area contributed by atoms with Crippen LogP contribution in [-0.2, 0) is 11.3 Å². The molecule has 0 unspecified atom stereocenters. The maximum Gasteiger partial charge on any atom is 0.264 e. The monoisotopic (exact) mass is 404 g/mol. The summed E-state index contributed by atoms with van der Waals surface area (Å²) >= 11 is 1.39. The standard InChI is InChI=1S/C20H24N2O5S/c1-25-15-10-13(11-16(26-2)18(15)27-3)12-21-19(23)14-6-4-8-22(14)20(24)17-7-5-9-28-17/h5,7,9-11,14H,4,6,8,12H2,1-3H3,(H,21,23)/t14-/m0/s1. The molecule has 1 aromatic heterocycles. The molecule has 2 aromatic rings. The van der Waals surface area contributed by atoms with Crippen LogP contribution in [-0.4, -0.2) is 50.6 Å². The van der Waals surface area contributed by atoms with Gasteiger partial charge in [0.15, 0.2) is 11.5 Å². The smallest absolute Gasteiger partial charge is 0.264 e. The summed E-state index contributed by atoms with van der Waals surface area (Å²) in [7, 11) is 4.64. The summed E-state index contributed by atoms with van der Waals surface area (Å²) in [5, 5.41) is 4.79. The summed E-state index contributed by atoms with van der Waals surface area (Å²) in [6.45, 7) is 0.895. The van der Waals surface area contributed by atoms with Gasteiger partial charge in [0.1, 0.15) is 6.04 Å². The fraction of sp³-hybridized carbons (Fsp3) is 0.400. The van der Waals surface area contributed by atoms with Gasteiger partial charge in [0.05, 0.1) is 26.2 Å². The van der Waals surface area contributed by atoms with E-state index in [9.17, 15) is 9.59 Å². The lowest BCUT2D eigenvalue weighted by Crippen LogP contribution is -2.45. The van der Waals surface area contributed by atoms with Gasteiger partial charge in [-0.1, -0.05) is 6.07 Å². The number of nitrogens with zero attached hydrogens (tertiary/aromatic N) is 1. The summed E-state index contributed by atoms with van der Waals surface area (Å²) in [6.07, 6.45) is 1.48. The molecular formula is C20H24N2O5S. The second-order valence-corrected chi connectivity index (χ2v) is 7.33. The van der Waals surface area contributed by atoms with E-state index in [1.807, 2.05) is 11.4 Å². The average molecular weight is 404 g/mol. The molecule has 1 aromatic carbocycles. The molecule has 0 aliphatic carbocycles. The molecule has 2 amide bonds. The van der Waals surface area contributed by atoms with E-state index in [0.29, 0.717) is 41.6 Å². The van der Waals surface area contributed by atoms with Crippen molar-refractivity contribution in [2.24, 2.45) is 0 Å². The van der Waals surface area contributed by atoms with Gasteiger partial charge in [-0.3, -0.25) is 9.59 Å². The quantitative estimate of drug-likeness (QED) is 0.768. The number of methoxy groups -OCH3 is 3. The van der Waals surface area contributed by atoms with Crippen LogP contribution in [0.3, 0.4) is 0 Å². The Morgan fingerprint density at radius 2 is 1.89 bits per heavy atom. The van der Waals surface area contributed by atoms with Gasteiger partial charge in [-0.15, -0.1) is 11.3 Å². The molecule has 0 saturated carbocycles. The molecule has 8 heteroatoms. The van der Waals surface area contributed by atoms with E-state index < -0.39 is 6.04 Å². The first-order chi connectivity index (χ1) is 13.6. The van der Waals surface area contributed by atoms with Crippen LogP contribution in [0.15, 0.2) is 29.6 Å². The molecule has 0 bridgehead atoms. The van der Waals surface area contributed by atoms with Gasteiger partial charge < -0.3 is 24.4 Å². The number of amides is 2. The number of ether oxygens (including phenoxy) is 3. The predicted molar refractivity (Wildman–Crippen MR) is 106 cm³/mol. The lowest BCUT2D eigenvalue weighted by atomic mass is 10.1. The first-order valence-electron chi connectivity index (χ1n) is 9.00. The lowest BCUT2D eigenvalue weighted by Gasteiger charge is -2.23. The van der Waals surface area contributed by atoms with Gasteiger partial charge in [0.2, 0.25) is 11.7 Å². The maximum absolute atomic E-state index is 12.7. The van der Waals surface area contributed by atoms with Crippen LogP contribution in [0.1, 0.15) is 28.1 Å². The van der Waals surface area contributed by atoms with Crippen molar-refractivity contribution < 1.29 is 23.8 Å². The molecular weight excluding hydrogens is 380 g/mol. The molecule has 7 nitrogen and oxygen atoms in total. The zero-order valence-electron chi connectivity index (χ0n) is 16.2. The predicted octanol–water partition coefficient (Wildman–Crippen LogP) is 2.69. The molecule has 2 heterocycles. The molecule has 0 spiro atoms. The number of carbonyl (C=O) groups excluding carboxylic acids is 2. The highest BCUT2D eigenvalue weighted by Gasteiger charge is 2.34. The SMILES string of the molecule is COc1cc(CNC(=O)[C@@H]2CCCN2C(=O)c2cccs2)cc(OC)c1OC. The Kier molecular flexibility index (Phi) is 6.41. The first kappa shape index (κ1) is 20.0. The maximum atomic E-state index is 12.7. The van der Waals surface area contributed by atoms with Gasteiger partial charge in [-0.05, 0) is 42.0 Å². The third kappa shape index (κ3) is 4.06. The summed E-state index contributed by atoms with van der Waals surface area (Å²) in [5.74, 6) is 1.32. The zero-order valence-corrected chi connectivity index (χ0v) is 17.0. The van der Waals surface area contributed by atoms with Crippen LogP contribution >= 0.6 is 11.3 Å². The van der Waals surface area contributed by atoms with Crippen LogP contribution in [0.2, 0.25) is 0 Å². The number of rotatable bonds is 7. The zero-order chi connectivity index (χ0) is 20.1. The molecule has 1 atom stereocenters. The lowest BCUT2D eigenvalue weighted by molar-refractivity contribution is -0.125. The van der Waals surface area contributed by atoms with Gasteiger partial charge in [0, 0.05) is 13.1 Å². The van der Waals surface area contributed by atoms with E-state index in [2.05, 4.69) is 5.32 Å². The van der Waals surface area contributed by atoms with Crippen LogP contribution in [0.5, 0.6) is 17.2 Å². The van der Waals surface area contributed by atoms with Crippen molar-refractivity contribution in [2.45, 2.75) is 25.4 Å². The minimum absolute atomic E-state index is 0.0829. The third-order valence-electron chi connectivity index (χ3n) is 4.74. The number of likely N-dealkylation sites (tertiary alicyclic amines) is 1.